The molecule has 2 heterocycles. The third-order valence-corrected chi connectivity index (χ3v) is 5.05. The van der Waals surface area contributed by atoms with Crippen LogP contribution in [0.1, 0.15) is 57.6 Å². The Bertz CT molecular complexity index is 766. The van der Waals surface area contributed by atoms with Crippen LogP contribution in [0.2, 0.25) is 0 Å². The molecule has 23 heavy (non-hydrogen) atoms. The zero-order valence-corrected chi connectivity index (χ0v) is 14.9. The molecule has 0 N–H and O–H groups in total. The molecule has 1 aliphatic rings. The van der Waals surface area contributed by atoms with Crippen LogP contribution in [0.4, 0.5) is 0 Å². The van der Waals surface area contributed by atoms with Gasteiger partial charge in [0.15, 0.2) is 0 Å². The summed E-state index contributed by atoms with van der Waals surface area (Å²) in [6.45, 7) is 13.8. The molecule has 0 aromatic carbocycles. The summed E-state index contributed by atoms with van der Waals surface area (Å²) in [6, 6.07) is 2.31. The molecule has 2 aromatic heterocycles. The number of hydrogen-bond donors (Lipinski definition) is 0. The van der Waals surface area contributed by atoms with Gasteiger partial charge in [0.05, 0.1) is 11.0 Å². The number of nitrogens with zero attached hydrogens (tertiary/aromatic N) is 2. The standard InChI is InChI=1S/C21H28N2/c1-14(2)20(15(3)4)18-10-19-21(22-11-18)16(5)12-23(19)13-17-8-6-7-9-17/h10-12,17H,1,6-9,13H2,2-5H3. The Morgan fingerprint density at radius 2 is 1.96 bits per heavy atom. The van der Waals surface area contributed by atoms with Crippen LogP contribution in [0.5, 0.6) is 0 Å². The van der Waals surface area contributed by atoms with E-state index in [0.717, 1.165) is 23.6 Å². The fourth-order valence-corrected chi connectivity index (χ4v) is 4.06. The summed E-state index contributed by atoms with van der Waals surface area (Å²) in [5, 5.41) is 0. The highest BCUT2D eigenvalue weighted by atomic mass is 15.0. The highest BCUT2D eigenvalue weighted by molar-refractivity contribution is 5.87. The van der Waals surface area contributed by atoms with Crippen molar-refractivity contribution >= 4 is 16.6 Å². The van der Waals surface area contributed by atoms with E-state index < -0.39 is 0 Å². The Morgan fingerprint density at radius 1 is 1.26 bits per heavy atom. The Balaban J connectivity index is 2.07. The van der Waals surface area contributed by atoms with Crippen molar-refractivity contribution in [2.75, 3.05) is 0 Å². The molecule has 2 heteroatoms. The number of fused-ring (bicyclic) bond motifs is 1. The molecular formula is C21H28N2. The summed E-state index contributed by atoms with van der Waals surface area (Å²) in [4.78, 5) is 4.77. The van der Waals surface area contributed by atoms with Crippen molar-refractivity contribution in [3.05, 3.63) is 47.3 Å². The first-order valence-electron chi connectivity index (χ1n) is 8.76. The predicted octanol–water partition coefficient (Wildman–Crippen LogP) is 5.90. The molecule has 0 spiro atoms. The number of aryl methyl sites for hydroxylation is 1. The maximum atomic E-state index is 4.77. The van der Waals surface area contributed by atoms with Gasteiger partial charge >= 0.3 is 0 Å². The Labute approximate surface area is 139 Å². The second-order valence-corrected chi connectivity index (χ2v) is 7.36. The first-order valence-corrected chi connectivity index (χ1v) is 8.76. The van der Waals surface area contributed by atoms with Gasteiger partial charge in [0.1, 0.15) is 0 Å². The lowest BCUT2D eigenvalue weighted by atomic mass is 9.97. The minimum absolute atomic E-state index is 0.831. The molecule has 0 aliphatic heterocycles. The molecular weight excluding hydrogens is 280 g/mol. The van der Waals surface area contributed by atoms with Gasteiger partial charge in [0.2, 0.25) is 0 Å². The molecule has 1 fully saturated rings. The molecule has 0 radical (unpaired) electrons. The normalized spacial score (nSPS) is 15.3. The summed E-state index contributed by atoms with van der Waals surface area (Å²) in [7, 11) is 0. The molecule has 0 unspecified atom stereocenters. The van der Waals surface area contributed by atoms with Crippen LogP contribution < -0.4 is 0 Å². The second kappa shape index (κ2) is 6.35. The summed E-state index contributed by atoms with van der Waals surface area (Å²) in [6.07, 6.45) is 9.82. The topological polar surface area (TPSA) is 17.8 Å². The smallest absolute Gasteiger partial charge is 0.0910 e. The summed E-state index contributed by atoms with van der Waals surface area (Å²) in [5.41, 5.74) is 8.52. The first kappa shape index (κ1) is 16.0. The molecule has 1 aliphatic carbocycles. The van der Waals surface area contributed by atoms with Crippen molar-refractivity contribution in [2.24, 2.45) is 5.92 Å². The molecule has 0 atom stereocenters. The Kier molecular flexibility index (Phi) is 4.43. The van der Waals surface area contributed by atoms with Crippen molar-refractivity contribution in [3.8, 4) is 0 Å². The summed E-state index contributed by atoms with van der Waals surface area (Å²) >= 11 is 0. The molecule has 3 rings (SSSR count). The van der Waals surface area contributed by atoms with E-state index in [1.165, 1.54) is 53.5 Å². The van der Waals surface area contributed by atoms with Gasteiger partial charge in [-0.25, -0.2) is 0 Å². The fraction of sp³-hybridized carbons (Fsp3) is 0.476. The molecule has 0 amide bonds. The van der Waals surface area contributed by atoms with Gasteiger partial charge in [-0.15, -0.1) is 0 Å². The van der Waals surface area contributed by atoms with Crippen LogP contribution in [-0.2, 0) is 6.54 Å². The number of pyridine rings is 1. The fourth-order valence-electron chi connectivity index (χ4n) is 4.06. The summed E-state index contributed by atoms with van der Waals surface area (Å²) < 4.78 is 2.43. The van der Waals surface area contributed by atoms with Crippen LogP contribution in [0.3, 0.4) is 0 Å². The quantitative estimate of drug-likeness (QED) is 0.642. The van der Waals surface area contributed by atoms with Gasteiger partial charge in [-0.3, -0.25) is 4.98 Å². The van der Waals surface area contributed by atoms with Crippen molar-refractivity contribution in [2.45, 2.75) is 59.9 Å². The maximum absolute atomic E-state index is 4.77. The van der Waals surface area contributed by atoms with Gasteiger partial charge in [-0.2, -0.15) is 0 Å². The zero-order valence-electron chi connectivity index (χ0n) is 14.9. The number of allylic oxidation sites excluding steroid dienone is 3. The number of hydrogen-bond acceptors (Lipinski definition) is 1. The average Bonchev–Trinajstić information content (AvgIpc) is 3.08. The molecule has 2 aromatic rings. The third kappa shape index (κ3) is 3.12. The average molecular weight is 308 g/mol. The second-order valence-electron chi connectivity index (χ2n) is 7.36. The lowest BCUT2D eigenvalue weighted by Gasteiger charge is -2.13. The SMILES string of the molecule is C=C(C)C(=C(C)C)c1cnc2c(C)cn(CC3CCCC3)c2c1. The monoisotopic (exact) mass is 308 g/mol. The van der Waals surface area contributed by atoms with E-state index in [2.05, 4.69) is 51.1 Å². The van der Waals surface area contributed by atoms with Crippen LogP contribution in [0.15, 0.2) is 36.2 Å². The van der Waals surface area contributed by atoms with Crippen molar-refractivity contribution < 1.29 is 0 Å². The molecule has 1 saturated carbocycles. The van der Waals surface area contributed by atoms with E-state index in [0.29, 0.717) is 0 Å². The van der Waals surface area contributed by atoms with Gasteiger partial charge in [0, 0.05) is 24.5 Å². The van der Waals surface area contributed by atoms with Crippen molar-refractivity contribution in [1.82, 2.24) is 9.55 Å². The van der Waals surface area contributed by atoms with E-state index >= 15 is 0 Å². The molecule has 122 valence electrons. The molecule has 0 saturated heterocycles. The molecule has 2 nitrogen and oxygen atoms in total. The van der Waals surface area contributed by atoms with E-state index in [4.69, 9.17) is 4.98 Å². The van der Waals surface area contributed by atoms with Gasteiger partial charge in [-0.05, 0) is 63.7 Å². The summed E-state index contributed by atoms with van der Waals surface area (Å²) in [5.74, 6) is 0.831. The van der Waals surface area contributed by atoms with Gasteiger partial charge < -0.3 is 4.57 Å². The number of aromatic nitrogens is 2. The van der Waals surface area contributed by atoms with E-state index in [-0.39, 0.29) is 0 Å². The van der Waals surface area contributed by atoms with E-state index in [1.54, 1.807) is 0 Å². The van der Waals surface area contributed by atoms with Gasteiger partial charge in [0.25, 0.3) is 0 Å². The van der Waals surface area contributed by atoms with Gasteiger partial charge in [-0.1, -0.05) is 30.6 Å². The Morgan fingerprint density at radius 3 is 2.57 bits per heavy atom. The van der Waals surface area contributed by atoms with Crippen molar-refractivity contribution in [3.63, 3.8) is 0 Å². The predicted molar refractivity (Wildman–Crippen MR) is 99.5 cm³/mol. The zero-order chi connectivity index (χ0) is 16.6. The van der Waals surface area contributed by atoms with Crippen LogP contribution in [-0.4, -0.2) is 9.55 Å². The van der Waals surface area contributed by atoms with Crippen LogP contribution in [0, 0.1) is 12.8 Å². The largest absolute Gasteiger partial charge is 0.346 e. The third-order valence-electron chi connectivity index (χ3n) is 5.05. The Hall–Kier alpha value is -1.83. The highest BCUT2D eigenvalue weighted by Crippen LogP contribution is 2.31. The van der Waals surface area contributed by atoms with E-state index in [9.17, 15) is 0 Å². The lowest BCUT2D eigenvalue weighted by Crippen LogP contribution is -2.06. The van der Waals surface area contributed by atoms with E-state index in [1.807, 2.05) is 6.20 Å². The highest BCUT2D eigenvalue weighted by Gasteiger charge is 2.18. The van der Waals surface area contributed by atoms with Crippen LogP contribution >= 0.6 is 0 Å². The minimum atomic E-state index is 0.831. The maximum Gasteiger partial charge on any atom is 0.0910 e. The number of rotatable bonds is 4. The molecule has 0 bridgehead atoms. The van der Waals surface area contributed by atoms with Crippen LogP contribution in [0.25, 0.3) is 16.6 Å². The lowest BCUT2D eigenvalue weighted by molar-refractivity contribution is 0.465. The van der Waals surface area contributed by atoms with Crippen molar-refractivity contribution in [1.29, 1.82) is 0 Å². The first-order chi connectivity index (χ1) is 11.0. The minimum Gasteiger partial charge on any atom is -0.346 e.